The van der Waals surface area contributed by atoms with E-state index in [0.717, 1.165) is 22.4 Å². The molecule has 0 saturated heterocycles. The van der Waals surface area contributed by atoms with Crippen LogP contribution in [0.15, 0.2) is 42.5 Å². The molecule has 21 heavy (non-hydrogen) atoms. The molecule has 0 aromatic heterocycles. The molecule has 0 aliphatic carbocycles. The second-order valence-electron chi connectivity index (χ2n) is 5.15. The van der Waals surface area contributed by atoms with Crippen molar-refractivity contribution in [1.29, 1.82) is 0 Å². The van der Waals surface area contributed by atoms with Gasteiger partial charge in [0, 0.05) is 12.2 Å². The second-order valence-corrected chi connectivity index (χ2v) is 5.15. The average Bonchev–Trinajstić information content (AvgIpc) is 2.39. The van der Waals surface area contributed by atoms with Gasteiger partial charge in [0.05, 0.1) is 6.54 Å². The van der Waals surface area contributed by atoms with E-state index in [1.807, 2.05) is 26.0 Å². The van der Waals surface area contributed by atoms with Gasteiger partial charge in [0.15, 0.2) is 0 Å². The summed E-state index contributed by atoms with van der Waals surface area (Å²) in [4.78, 5) is 11.8. The molecule has 0 heterocycles. The van der Waals surface area contributed by atoms with Crippen molar-refractivity contribution in [2.75, 3.05) is 11.9 Å². The van der Waals surface area contributed by atoms with Crippen LogP contribution >= 0.6 is 0 Å². The quantitative estimate of drug-likeness (QED) is 0.886. The van der Waals surface area contributed by atoms with E-state index < -0.39 is 0 Å². The summed E-state index contributed by atoms with van der Waals surface area (Å²) in [6.07, 6.45) is 0. The topological polar surface area (TPSA) is 41.1 Å². The number of hydrogen-bond donors (Lipinski definition) is 2. The molecule has 110 valence electrons. The van der Waals surface area contributed by atoms with Crippen LogP contribution in [0, 0.1) is 19.7 Å². The summed E-state index contributed by atoms with van der Waals surface area (Å²) in [5.41, 5.74) is 3.98. The fourth-order valence-electron chi connectivity index (χ4n) is 2.17. The van der Waals surface area contributed by atoms with E-state index in [1.54, 1.807) is 12.1 Å². The van der Waals surface area contributed by atoms with Crippen LogP contribution in [0.2, 0.25) is 0 Å². The summed E-state index contributed by atoms with van der Waals surface area (Å²) in [5.74, 6) is -0.353. The van der Waals surface area contributed by atoms with Crippen LogP contribution < -0.4 is 10.6 Å². The molecule has 0 fully saturated rings. The third-order valence-corrected chi connectivity index (χ3v) is 3.03. The number of carbonyl (C=O) groups is 1. The molecule has 0 bridgehead atoms. The largest absolute Gasteiger partial charge is 0.325 e. The molecule has 0 radical (unpaired) electrons. The zero-order valence-corrected chi connectivity index (χ0v) is 12.2. The zero-order chi connectivity index (χ0) is 15.2. The number of carbonyl (C=O) groups excluding carboxylic acids is 1. The van der Waals surface area contributed by atoms with E-state index in [-0.39, 0.29) is 18.3 Å². The van der Waals surface area contributed by atoms with Crippen molar-refractivity contribution in [3.8, 4) is 0 Å². The molecule has 0 atom stereocenters. The molecular formula is C17H19FN2O. The highest BCUT2D eigenvalue weighted by Gasteiger charge is 2.03. The van der Waals surface area contributed by atoms with Gasteiger partial charge >= 0.3 is 0 Å². The lowest BCUT2D eigenvalue weighted by molar-refractivity contribution is -0.115. The maximum Gasteiger partial charge on any atom is 0.238 e. The van der Waals surface area contributed by atoms with Gasteiger partial charge in [-0.3, -0.25) is 4.79 Å². The van der Waals surface area contributed by atoms with Crippen LogP contribution in [0.3, 0.4) is 0 Å². The smallest absolute Gasteiger partial charge is 0.238 e. The van der Waals surface area contributed by atoms with E-state index >= 15 is 0 Å². The first kappa shape index (κ1) is 15.2. The first-order valence-corrected chi connectivity index (χ1v) is 6.86. The Hall–Kier alpha value is -2.20. The maximum absolute atomic E-state index is 12.8. The summed E-state index contributed by atoms with van der Waals surface area (Å²) in [7, 11) is 0. The molecular weight excluding hydrogens is 267 g/mol. The predicted octanol–water partition coefficient (Wildman–Crippen LogP) is 3.17. The fraction of sp³-hybridized carbons (Fsp3) is 0.235. The van der Waals surface area contributed by atoms with Crippen LogP contribution in [0.4, 0.5) is 10.1 Å². The minimum absolute atomic E-state index is 0.0953. The summed E-state index contributed by atoms with van der Waals surface area (Å²) >= 11 is 0. The summed E-state index contributed by atoms with van der Waals surface area (Å²) < 4.78 is 12.8. The molecule has 2 N–H and O–H groups in total. The van der Waals surface area contributed by atoms with Crippen molar-refractivity contribution in [2.45, 2.75) is 20.4 Å². The average molecular weight is 286 g/mol. The first-order valence-electron chi connectivity index (χ1n) is 6.86. The van der Waals surface area contributed by atoms with Gasteiger partial charge in [-0.25, -0.2) is 4.39 Å². The highest BCUT2D eigenvalue weighted by molar-refractivity contribution is 5.92. The fourth-order valence-corrected chi connectivity index (χ4v) is 2.17. The maximum atomic E-state index is 12.8. The minimum atomic E-state index is -0.258. The molecule has 1 amide bonds. The van der Waals surface area contributed by atoms with Gasteiger partial charge in [-0.05, 0) is 54.8 Å². The van der Waals surface area contributed by atoms with Crippen LogP contribution in [-0.2, 0) is 11.3 Å². The van der Waals surface area contributed by atoms with Crippen molar-refractivity contribution in [2.24, 2.45) is 0 Å². The molecule has 3 nitrogen and oxygen atoms in total. The third-order valence-electron chi connectivity index (χ3n) is 3.03. The van der Waals surface area contributed by atoms with Crippen LogP contribution in [0.5, 0.6) is 0 Å². The number of anilines is 1. The Labute approximate surface area is 124 Å². The highest BCUT2D eigenvalue weighted by Crippen LogP contribution is 2.13. The van der Waals surface area contributed by atoms with E-state index in [1.165, 1.54) is 12.1 Å². The molecule has 2 aromatic carbocycles. The van der Waals surface area contributed by atoms with Gasteiger partial charge < -0.3 is 10.6 Å². The van der Waals surface area contributed by atoms with Gasteiger partial charge in [0.2, 0.25) is 5.91 Å². The normalized spacial score (nSPS) is 10.4. The van der Waals surface area contributed by atoms with Gasteiger partial charge in [0.1, 0.15) is 5.82 Å². The van der Waals surface area contributed by atoms with E-state index in [4.69, 9.17) is 0 Å². The first-order chi connectivity index (χ1) is 10.0. The molecule has 4 heteroatoms. The molecule has 2 rings (SSSR count). The number of benzene rings is 2. The summed E-state index contributed by atoms with van der Waals surface area (Å²) in [6, 6.07) is 12.1. The third kappa shape index (κ3) is 5.00. The van der Waals surface area contributed by atoms with Crippen LogP contribution in [0.1, 0.15) is 16.7 Å². The Morgan fingerprint density at radius 3 is 2.29 bits per heavy atom. The number of aryl methyl sites for hydroxylation is 2. The second kappa shape index (κ2) is 6.99. The van der Waals surface area contributed by atoms with Crippen LogP contribution in [-0.4, -0.2) is 12.5 Å². The molecule has 0 spiro atoms. The predicted molar refractivity (Wildman–Crippen MR) is 82.7 cm³/mol. The monoisotopic (exact) mass is 286 g/mol. The molecule has 0 saturated carbocycles. The zero-order valence-electron chi connectivity index (χ0n) is 12.2. The van der Waals surface area contributed by atoms with Crippen molar-refractivity contribution in [3.05, 3.63) is 65.0 Å². The van der Waals surface area contributed by atoms with Gasteiger partial charge in [-0.2, -0.15) is 0 Å². The highest BCUT2D eigenvalue weighted by atomic mass is 19.1. The summed E-state index contributed by atoms with van der Waals surface area (Å²) in [6.45, 7) is 4.73. The lowest BCUT2D eigenvalue weighted by Gasteiger charge is -2.08. The summed E-state index contributed by atoms with van der Waals surface area (Å²) in [5, 5.41) is 5.89. The van der Waals surface area contributed by atoms with Crippen LogP contribution in [0.25, 0.3) is 0 Å². The molecule has 0 aliphatic rings. The van der Waals surface area contributed by atoms with E-state index in [9.17, 15) is 9.18 Å². The Kier molecular flexibility index (Phi) is 5.06. The Balaban J connectivity index is 1.80. The lowest BCUT2D eigenvalue weighted by atomic mass is 10.1. The number of rotatable bonds is 5. The number of amides is 1. The van der Waals surface area contributed by atoms with Gasteiger partial charge in [-0.1, -0.05) is 18.2 Å². The van der Waals surface area contributed by atoms with Crippen molar-refractivity contribution in [1.82, 2.24) is 5.32 Å². The van der Waals surface area contributed by atoms with Gasteiger partial charge in [0.25, 0.3) is 0 Å². The number of nitrogens with one attached hydrogen (secondary N) is 2. The van der Waals surface area contributed by atoms with Gasteiger partial charge in [-0.15, -0.1) is 0 Å². The Morgan fingerprint density at radius 1 is 1.05 bits per heavy atom. The SMILES string of the molecule is Cc1cc(C)cc(NC(=O)CNCc2ccc(F)cc2)c1. The van der Waals surface area contributed by atoms with Crippen molar-refractivity contribution in [3.63, 3.8) is 0 Å². The Morgan fingerprint density at radius 2 is 1.67 bits per heavy atom. The standard InChI is InChI=1S/C17H19FN2O/c1-12-7-13(2)9-16(8-12)20-17(21)11-19-10-14-3-5-15(18)6-4-14/h3-9,19H,10-11H2,1-2H3,(H,20,21). The molecule has 0 aliphatic heterocycles. The molecule has 0 unspecified atom stereocenters. The van der Waals surface area contributed by atoms with Crippen molar-refractivity contribution >= 4 is 11.6 Å². The van der Waals surface area contributed by atoms with E-state index in [2.05, 4.69) is 16.7 Å². The number of halogens is 1. The molecule has 2 aromatic rings. The number of hydrogen-bond acceptors (Lipinski definition) is 2. The lowest BCUT2D eigenvalue weighted by Crippen LogP contribution is -2.27. The minimum Gasteiger partial charge on any atom is -0.325 e. The Bertz CT molecular complexity index is 603. The van der Waals surface area contributed by atoms with E-state index in [0.29, 0.717) is 6.54 Å². The van der Waals surface area contributed by atoms with Crippen molar-refractivity contribution < 1.29 is 9.18 Å².